The van der Waals surface area contributed by atoms with Crippen molar-refractivity contribution in [3.63, 3.8) is 0 Å². The number of hydrogen-bond donors (Lipinski definition) is 1. The Hall–Kier alpha value is -0.920. The van der Waals surface area contributed by atoms with Crippen LogP contribution >= 0.6 is 8.03 Å². The predicted molar refractivity (Wildman–Crippen MR) is 55.0 cm³/mol. The number of aryl methyl sites for hydroxylation is 1. The van der Waals surface area contributed by atoms with E-state index in [9.17, 15) is 4.57 Å². The van der Waals surface area contributed by atoms with Crippen molar-refractivity contribution in [2.75, 3.05) is 19.0 Å². The Balaban J connectivity index is 3.27. The van der Waals surface area contributed by atoms with Crippen LogP contribution in [0.5, 0.6) is 0 Å². The minimum Gasteiger partial charge on any atom is -0.374 e. The summed E-state index contributed by atoms with van der Waals surface area (Å²) in [5.41, 5.74) is 1.80. The van der Waals surface area contributed by atoms with Gasteiger partial charge in [-0.25, -0.2) is 0 Å². The molecule has 0 fully saturated rings. The SMILES string of the molecule is Cc1ccc(N(C)C)c([P+](=O)O)c1. The first-order valence-corrected chi connectivity index (χ1v) is 5.17. The van der Waals surface area contributed by atoms with E-state index in [1.165, 1.54) is 0 Å². The molecule has 0 saturated heterocycles. The summed E-state index contributed by atoms with van der Waals surface area (Å²) in [6.45, 7) is 1.90. The molecule has 1 atom stereocenters. The van der Waals surface area contributed by atoms with Crippen LogP contribution < -0.4 is 10.2 Å². The zero-order chi connectivity index (χ0) is 10.0. The molecule has 0 radical (unpaired) electrons. The molecule has 3 nitrogen and oxygen atoms in total. The van der Waals surface area contributed by atoms with E-state index in [0.29, 0.717) is 5.30 Å². The molecule has 0 spiro atoms. The monoisotopic (exact) mass is 198 g/mol. The van der Waals surface area contributed by atoms with Gasteiger partial charge in [0.15, 0.2) is 0 Å². The zero-order valence-electron chi connectivity index (χ0n) is 7.98. The molecule has 4 heteroatoms. The number of rotatable bonds is 2. The van der Waals surface area contributed by atoms with Crippen molar-refractivity contribution in [1.29, 1.82) is 0 Å². The number of anilines is 1. The summed E-state index contributed by atoms with van der Waals surface area (Å²) in [5, 5.41) is 0.500. The van der Waals surface area contributed by atoms with E-state index < -0.39 is 8.03 Å². The molecule has 0 aromatic heterocycles. The number of hydrogen-bond acceptors (Lipinski definition) is 2. The molecule has 0 saturated carbocycles. The zero-order valence-corrected chi connectivity index (χ0v) is 8.88. The molecule has 0 aliphatic rings. The third-order valence-corrected chi connectivity index (χ3v) is 2.59. The lowest BCUT2D eigenvalue weighted by Crippen LogP contribution is -2.16. The second kappa shape index (κ2) is 3.86. The van der Waals surface area contributed by atoms with Crippen LogP contribution in [0, 0.1) is 6.92 Å². The van der Waals surface area contributed by atoms with Crippen molar-refractivity contribution in [1.82, 2.24) is 0 Å². The van der Waals surface area contributed by atoms with E-state index in [1.54, 1.807) is 6.07 Å². The van der Waals surface area contributed by atoms with Gasteiger partial charge in [0.25, 0.3) is 0 Å². The molecule has 0 heterocycles. The summed E-state index contributed by atoms with van der Waals surface area (Å²) in [7, 11) is 1.45. The second-order valence-corrected chi connectivity index (χ2v) is 4.19. The lowest BCUT2D eigenvalue weighted by Gasteiger charge is -2.11. The molecule has 0 aliphatic heterocycles. The fourth-order valence-corrected chi connectivity index (χ4v) is 1.95. The third-order valence-electron chi connectivity index (χ3n) is 1.82. The van der Waals surface area contributed by atoms with Gasteiger partial charge in [-0.3, -0.25) is 0 Å². The molecule has 13 heavy (non-hydrogen) atoms. The Kier molecular flexibility index (Phi) is 3.02. The van der Waals surface area contributed by atoms with Crippen molar-refractivity contribution in [3.8, 4) is 0 Å². The van der Waals surface area contributed by atoms with Crippen molar-refractivity contribution in [3.05, 3.63) is 23.8 Å². The van der Waals surface area contributed by atoms with Crippen molar-refractivity contribution < 1.29 is 9.46 Å². The summed E-state index contributed by atoms with van der Waals surface area (Å²) in [5.74, 6) is 0. The van der Waals surface area contributed by atoms with Gasteiger partial charge in [-0.05, 0) is 29.2 Å². The maximum Gasteiger partial charge on any atom is 0.548 e. The van der Waals surface area contributed by atoms with E-state index in [4.69, 9.17) is 4.89 Å². The van der Waals surface area contributed by atoms with E-state index in [0.717, 1.165) is 11.3 Å². The summed E-state index contributed by atoms with van der Waals surface area (Å²) < 4.78 is 11.0. The fraction of sp³-hybridized carbons (Fsp3) is 0.333. The fourth-order valence-electron chi connectivity index (χ4n) is 1.16. The molecule has 1 rings (SSSR count). The van der Waals surface area contributed by atoms with Gasteiger partial charge in [-0.15, -0.1) is 0 Å². The molecular weight excluding hydrogens is 185 g/mol. The smallest absolute Gasteiger partial charge is 0.374 e. The highest BCUT2D eigenvalue weighted by atomic mass is 31.1. The Morgan fingerprint density at radius 2 is 2.00 bits per heavy atom. The Labute approximate surface area is 78.9 Å². The van der Waals surface area contributed by atoms with Crippen LogP contribution in [-0.4, -0.2) is 19.0 Å². The molecule has 70 valence electrons. The minimum atomic E-state index is -2.26. The van der Waals surface area contributed by atoms with Gasteiger partial charge < -0.3 is 4.90 Å². The maximum absolute atomic E-state index is 11.0. The average Bonchev–Trinajstić information content (AvgIpc) is 2.03. The Morgan fingerprint density at radius 3 is 2.46 bits per heavy atom. The third kappa shape index (κ3) is 2.27. The highest BCUT2D eigenvalue weighted by molar-refractivity contribution is 7.47. The van der Waals surface area contributed by atoms with Crippen molar-refractivity contribution in [2.45, 2.75) is 6.92 Å². The predicted octanol–water partition coefficient (Wildman–Crippen LogP) is 1.42. The highest BCUT2D eigenvalue weighted by Gasteiger charge is 2.22. The van der Waals surface area contributed by atoms with Crippen LogP contribution in [0.4, 0.5) is 5.69 Å². The number of nitrogens with zero attached hydrogens (tertiary/aromatic N) is 1. The lowest BCUT2D eigenvalue weighted by atomic mass is 10.2. The molecule has 0 bridgehead atoms. The van der Waals surface area contributed by atoms with Gasteiger partial charge in [0.2, 0.25) is 5.30 Å². The van der Waals surface area contributed by atoms with Gasteiger partial charge in [0, 0.05) is 14.1 Å². The summed E-state index contributed by atoms with van der Waals surface area (Å²) in [6, 6.07) is 5.53. The van der Waals surface area contributed by atoms with Crippen LogP contribution in [0.25, 0.3) is 0 Å². The molecule has 1 unspecified atom stereocenters. The van der Waals surface area contributed by atoms with Crippen LogP contribution in [-0.2, 0) is 4.57 Å². The normalized spacial score (nSPS) is 11.2. The van der Waals surface area contributed by atoms with Crippen LogP contribution in [0.15, 0.2) is 18.2 Å². The van der Waals surface area contributed by atoms with Crippen molar-refractivity contribution >= 4 is 19.0 Å². The minimum absolute atomic E-state index is 0.500. The van der Waals surface area contributed by atoms with E-state index in [-0.39, 0.29) is 0 Å². The van der Waals surface area contributed by atoms with E-state index in [1.807, 2.05) is 38.1 Å². The van der Waals surface area contributed by atoms with Gasteiger partial charge >= 0.3 is 8.03 Å². The van der Waals surface area contributed by atoms with Gasteiger partial charge in [0.05, 0.1) is 5.69 Å². The van der Waals surface area contributed by atoms with Crippen LogP contribution in [0.2, 0.25) is 0 Å². The maximum atomic E-state index is 11.0. The molecular formula is C9H13NO2P+. The summed E-state index contributed by atoms with van der Waals surface area (Å²) in [6.07, 6.45) is 0. The van der Waals surface area contributed by atoms with E-state index >= 15 is 0 Å². The first-order chi connectivity index (χ1) is 6.02. The standard InChI is InChI=1S/C9H12NO2P/c1-7-4-5-8(10(2)3)9(6-7)13(11)12/h4-6H,1-3H3/p+1. The Morgan fingerprint density at radius 1 is 1.38 bits per heavy atom. The molecule has 1 aromatic carbocycles. The molecule has 0 aliphatic carbocycles. The average molecular weight is 198 g/mol. The first kappa shape index (κ1) is 10.2. The molecule has 1 aromatic rings. The van der Waals surface area contributed by atoms with Gasteiger partial charge in [-0.2, -0.15) is 4.89 Å². The summed E-state index contributed by atoms with van der Waals surface area (Å²) >= 11 is 0. The highest BCUT2D eigenvalue weighted by Crippen LogP contribution is 2.22. The van der Waals surface area contributed by atoms with Crippen LogP contribution in [0.1, 0.15) is 5.56 Å². The largest absolute Gasteiger partial charge is 0.548 e. The van der Waals surface area contributed by atoms with Gasteiger partial charge in [0.1, 0.15) is 0 Å². The Bertz CT molecular complexity index is 336. The quantitative estimate of drug-likeness (QED) is 0.730. The lowest BCUT2D eigenvalue weighted by molar-refractivity contribution is 0.513. The molecule has 0 amide bonds. The molecule has 1 N–H and O–H groups in total. The summed E-state index contributed by atoms with van der Waals surface area (Å²) in [4.78, 5) is 10.9. The first-order valence-electron chi connectivity index (χ1n) is 3.96. The van der Waals surface area contributed by atoms with Gasteiger partial charge in [-0.1, -0.05) is 6.07 Å². The van der Waals surface area contributed by atoms with E-state index in [2.05, 4.69) is 0 Å². The van der Waals surface area contributed by atoms with Crippen LogP contribution in [0.3, 0.4) is 0 Å². The topological polar surface area (TPSA) is 40.5 Å². The second-order valence-electron chi connectivity index (χ2n) is 3.16. The number of benzene rings is 1. The van der Waals surface area contributed by atoms with Crippen molar-refractivity contribution in [2.24, 2.45) is 0 Å².